The van der Waals surface area contributed by atoms with Crippen molar-refractivity contribution in [2.75, 3.05) is 0 Å². The molecule has 98 valence electrons. The maximum atomic E-state index is 9.55. The summed E-state index contributed by atoms with van der Waals surface area (Å²) in [5, 5.41) is 15.6. The first-order chi connectivity index (χ1) is 7.33. The molecule has 0 saturated carbocycles. The summed E-state index contributed by atoms with van der Waals surface area (Å²) in [5.74, 6) is -2.51. The first kappa shape index (κ1) is 18.8. The molecule has 0 aliphatic rings. The minimum absolute atomic E-state index is 0.182. The molecule has 0 aliphatic carbocycles. The van der Waals surface area contributed by atoms with E-state index in [9.17, 15) is 9.59 Å². The molecular formula is C12H22O4Sn. The fourth-order valence-electron chi connectivity index (χ4n) is 1.27. The van der Waals surface area contributed by atoms with Gasteiger partial charge in [0, 0.05) is 12.2 Å². The van der Waals surface area contributed by atoms with Gasteiger partial charge < -0.3 is 10.2 Å². The summed E-state index contributed by atoms with van der Waals surface area (Å²) in [7, 11) is 0. The molecule has 0 heterocycles. The van der Waals surface area contributed by atoms with Crippen molar-refractivity contribution in [3.8, 4) is 0 Å². The molecular weight excluding hydrogens is 327 g/mol. The summed E-state index contributed by atoms with van der Waals surface area (Å²) in [5.41, 5.74) is 0. The average Bonchev–Trinajstić information content (AvgIpc) is 1.94. The number of carboxylic acid groups (broad SMARTS) is 2. The van der Waals surface area contributed by atoms with Crippen LogP contribution in [-0.2, 0) is 9.59 Å². The second kappa shape index (κ2) is 7.74. The molecule has 0 aromatic carbocycles. The minimum atomic E-state index is -1.26. The molecule has 0 unspecified atom stereocenters. The van der Waals surface area contributed by atoms with Crippen LogP contribution in [0.4, 0.5) is 0 Å². The van der Waals surface area contributed by atoms with Gasteiger partial charge in [0.05, 0.1) is 0 Å². The van der Waals surface area contributed by atoms with Crippen LogP contribution in [0.3, 0.4) is 0 Å². The van der Waals surface area contributed by atoms with Gasteiger partial charge in [-0.1, -0.05) is 0 Å². The average molecular weight is 349 g/mol. The Bertz CT molecular complexity index is 254. The van der Waals surface area contributed by atoms with Crippen LogP contribution in [-0.4, -0.2) is 43.3 Å². The maximum Gasteiger partial charge on any atom is 0.328 e. The van der Waals surface area contributed by atoms with E-state index >= 15 is 0 Å². The van der Waals surface area contributed by atoms with Crippen LogP contribution in [0.5, 0.6) is 0 Å². The van der Waals surface area contributed by atoms with Crippen molar-refractivity contribution < 1.29 is 19.8 Å². The van der Waals surface area contributed by atoms with Crippen molar-refractivity contribution in [2.45, 2.75) is 48.4 Å². The number of hydrogen-bond acceptors (Lipinski definition) is 2. The first-order valence-corrected chi connectivity index (χ1v) is 8.12. The van der Waals surface area contributed by atoms with Gasteiger partial charge in [0.2, 0.25) is 0 Å². The SMILES string of the molecule is C[C](C)(C)[Sn][C](C)(C)C.O=C(O)/C=C\C(=O)O. The third-order valence-corrected chi connectivity index (χ3v) is 5.40. The summed E-state index contributed by atoms with van der Waals surface area (Å²) in [6.07, 6.45) is 1.12. The van der Waals surface area contributed by atoms with E-state index in [4.69, 9.17) is 10.2 Å². The second-order valence-corrected chi connectivity index (χ2v) is 14.9. The maximum absolute atomic E-state index is 9.55. The van der Waals surface area contributed by atoms with Gasteiger partial charge in [-0.25, -0.2) is 9.59 Å². The molecule has 0 aromatic heterocycles. The Morgan fingerprint density at radius 1 is 0.824 bits per heavy atom. The van der Waals surface area contributed by atoms with E-state index in [1.54, 1.807) is 0 Å². The Kier molecular flexibility index (Phi) is 8.57. The fourth-order valence-corrected chi connectivity index (χ4v) is 7.69. The van der Waals surface area contributed by atoms with Crippen LogP contribution in [0.15, 0.2) is 12.2 Å². The quantitative estimate of drug-likeness (QED) is 0.594. The third-order valence-electron chi connectivity index (χ3n) is 1.12. The summed E-state index contributed by atoms with van der Waals surface area (Å²) in [6, 6.07) is 0. The van der Waals surface area contributed by atoms with Gasteiger partial charge >= 0.3 is 81.5 Å². The number of rotatable bonds is 2. The molecule has 2 radical (unpaired) electrons. The summed E-state index contributed by atoms with van der Waals surface area (Å²) in [6.45, 7) is 14.2. The smallest absolute Gasteiger partial charge is 0.328 e. The normalized spacial score (nSPS) is 11.9. The molecule has 0 atom stereocenters. The van der Waals surface area contributed by atoms with Crippen LogP contribution < -0.4 is 0 Å². The largest absolute Gasteiger partial charge is 0.478 e. The van der Waals surface area contributed by atoms with E-state index in [0.29, 0.717) is 19.0 Å². The van der Waals surface area contributed by atoms with Crippen molar-refractivity contribution in [3.05, 3.63) is 12.2 Å². The van der Waals surface area contributed by atoms with Gasteiger partial charge in [0.25, 0.3) is 0 Å². The summed E-state index contributed by atoms with van der Waals surface area (Å²) < 4.78 is 1.31. The molecule has 17 heavy (non-hydrogen) atoms. The minimum Gasteiger partial charge on any atom is -0.478 e. The molecule has 5 heteroatoms. The van der Waals surface area contributed by atoms with Gasteiger partial charge in [0.1, 0.15) is 0 Å². The predicted molar refractivity (Wildman–Crippen MR) is 69.6 cm³/mol. The van der Waals surface area contributed by atoms with Gasteiger partial charge in [0.15, 0.2) is 0 Å². The van der Waals surface area contributed by atoms with Crippen LogP contribution in [0.1, 0.15) is 41.5 Å². The zero-order chi connectivity index (χ0) is 14.3. The third kappa shape index (κ3) is 25.6. The molecule has 0 spiro atoms. The predicted octanol–water partition coefficient (Wildman–Crippen LogP) is 2.84. The van der Waals surface area contributed by atoms with Crippen LogP contribution >= 0.6 is 0 Å². The van der Waals surface area contributed by atoms with E-state index in [0.717, 1.165) is 0 Å². The van der Waals surface area contributed by atoms with E-state index in [1.165, 1.54) is 0 Å². The fraction of sp³-hybridized carbons (Fsp3) is 0.667. The number of aliphatic carboxylic acids is 2. The molecule has 0 bridgehead atoms. The van der Waals surface area contributed by atoms with Crippen molar-refractivity contribution >= 4 is 33.1 Å². The second-order valence-electron chi connectivity index (χ2n) is 5.63. The van der Waals surface area contributed by atoms with Crippen LogP contribution in [0.25, 0.3) is 0 Å². The van der Waals surface area contributed by atoms with Crippen molar-refractivity contribution in [1.82, 2.24) is 0 Å². The van der Waals surface area contributed by atoms with Gasteiger partial charge in [-0.05, 0) is 0 Å². The Balaban J connectivity index is 0. The topological polar surface area (TPSA) is 74.6 Å². The molecule has 0 aromatic rings. The number of hydrogen-bond donors (Lipinski definition) is 2. The molecule has 0 aliphatic heterocycles. The van der Waals surface area contributed by atoms with Crippen molar-refractivity contribution in [3.63, 3.8) is 0 Å². The Hall–Kier alpha value is -0.521. The molecule has 0 fully saturated rings. The zero-order valence-corrected chi connectivity index (χ0v) is 14.2. The van der Waals surface area contributed by atoms with Crippen LogP contribution in [0.2, 0.25) is 6.86 Å². The monoisotopic (exact) mass is 350 g/mol. The standard InChI is InChI=1S/C4H4O4.2C4H9.Sn/c5-3(6)1-2-4(7)8;2*1-4(2)3;/h1-2H,(H,5,6)(H,7,8);2*1-3H3;/b2-1-;;;. The molecule has 0 saturated heterocycles. The zero-order valence-electron chi connectivity index (χ0n) is 11.4. The van der Waals surface area contributed by atoms with E-state index in [1.807, 2.05) is 0 Å². The van der Waals surface area contributed by atoms with E-state index < -0.39 is 11.9 Å². The van der Waals surface area contributed by atoms with E-state index in [-0.39, 0.29) is 21.1 Å². The van der Waals surface area contributed by atoms with Gasteiger partial charge in [-0.15, -0.1) is 0 Å². The summed E-state index contributed by atoms with van der Waals surface area (Å²) in [4.78, 5) is 19.1. The Morgan fingerprint density at radius 3 is 1.12 bits per heavy atom. The van der Waals surface area contributed by atoms with E-state index in [2.05, 4.69) is 41.5 Å². The van der Waals surface area contributed by atoms with Gasteiger partial charge in [-0.3, -0.25) is 0 Å². The van der Waals surface area contributed by atoms with Crippen molar-refractivity contribution in [1.29, 1.82) is 0 Å². The Morgan fingerprint density at radius 2 is 1.06 bits per heavy atom. The van der Waals surface area contributed by atoms with Crippen molar-refractivity contribution in [2.24, 2.45) is 0 Å². The summed E-state index contributed by atoms with van der Waals surface area (Å²) >= 11 is -0.182. The van der Waals surface area contributed by atoms with Crippen LogP contribution in [0, 0.1) is 0 Å². The molecule has 0 amide bonds. The number of carbonyl (C=O) groups is 2. The molecule has 2 N–H and O–H groups in total. The van der Waals surface area contributed by atoms with Gasteiger partial charge in [-0.2, -0.15) is 0 Å². The molecule has 0 rings (SSSR count). The Labute approximate surface area is 113 Å². The number of carboxylic acids is 2. The first-order valence-electron chi connectivity index (χ1n) is 5.27. The molecule has 4 nitrogen and oxygen atoms in total.